The van der Waals surface area contributed by atoms with Gasteiger partial charge in [0.25, 0.3) is 0 Å². The van der Waals surface area contributed by atoms with Gasteiger partial charge in [0, 0.05) is 0 Å². The molecule has 0 fully saturated rings. The number of aliphatic hydroxyl groups is 2. The van der Waals surface area contributed by atoms with Crippen molar-refractivity contribution in [3.05, 3.63) is 0 Å². The number of ether oxygens (including phenoxy) is 1. The summed E-state index contributed by atoms with van der Waals surface area (Å²) in [5.41, 5.74) is -0.375. The highest BCUT2D eigenvalue weighted by atomic mass is 16.5. The van der Waals surface area contributed by atoms with Crippen LogP contribution in [-0.4, -0.2) is 35.5 Å². The Kier molecular flexibility index (Phi) is 6.30. The van der Waals surface area contributed by atoms with Crippen LogP contribution in [0.3, 0.4) is 0 Å². The van der Waals surface area contributed by atoms with E-state index in [1.54, 1.807) is 0 Å². The van der Waals surface area contributed by atoms with Crippen molar-refractivity contribution in [2.75, 3.05) is 13.2 Å². The standard InChI is InChI=1S/C14H28O4/c1-7-14(5,6)11(13(2,3)4)12(17)18-9-10(16)8-15/h10-11,15-16H,7-9H2,1-6H3. The summed E-state index contributed by atoms with van der Waals surface area (Å²) in [5.74, 6) is -0.553. The molecule has 2 N–H and O–H groups in total. The maximum Gasteiger partial charge on any atom is 0.310 e. The van der Waals surface area contributed by atoms with Gasteiger partial charge in [-0.15, -0.1) is 0 Å². The van der Waals surface area contributed by atoms with Gasteiger partial charge in [-0.3, -0.25) is 4.79 Å². The first kappa shape index (κ1) is 17.4. The van der Waals surface area contributed by atoms with Crippen molar-refractivity contribution < 1.29 is 19.7 Å². The summed E-state index contributed by atoms with van der Waals surface area (Å²) in [6, 6.07) is 0. The van der Waals surface area contributed by atoms with Gasteiger partial charge in [0.1, 0.15) is 12.7 Å². The summed E-state index contributed by atoms with van der Waals surface area (Å²) in [6.45, 7) is 11.6. The topological polar surface area (TPSA) is 66.8 Å². The van der Waals surface area contributed by atoms with Gasteiger partial charge in [-0.1, -0.05) is 48.0 Å². The lowest BCUT2D eigenvalue weighted by molar-refractivity contribution is -0.162. The average Bonchev–Trinajstić information content (AvgIpc) is 2.23. The SMILES string of the molecule is CCC(C)(C)C(C(=O)OCC(O)CO)C(C)(C)C. The van der Waals surface area contributed by atoms with Gasteiger partial charge >= 0.3 is 5.97 Å². The molecule has 0 saturated carbocycles. The third kappa shape index (κ3) is 4.94. The summed E-state index contributed by atoms with van der Waals surface area (Å²) >= 11 is 0. The summed E-state index contributed by atoms with van der Waals surface area (Å²) in [6.07, 6.45) is -0.133. The van der Waals surface area contributed by atoms with Crippen LogP contribution in [0.25, 0.3) is 0 Å². The molecule has 2 atom stereocenters. The van der Waals surface area contributed by atoms with Crippen LogP contribution in [0, 0.1) is 16.7 Å². The Balaban J connectivity index is 4.84. The van der Waals surface area contributed by atoms with Gasteiger partial charge in [0.15, 0.2) is 0 Å². The summed E-state index contributed by atoms with van der Waals surface area (Å²) in [5, 5.41) is 17.9. The Labute approximate surface area is 110 Å². The molecule has 0 aromatic rings. The minimum atomic E-state index is -1.00. The van der Waals surface area contributed by atoms with E-state index in [1.165, 1.54) is 0 Å². The zero-order valence-electron chi connectivity index (χ0n) is 12.5. The molecule has 0 radical (unpaired) electrons. The van der Waals surface area contributed by atoms with Crippen molar-refractivity contribution in [2.24, 2.45) is 16.7 Å². The lowest BCUT2D eigenvalue weighted by Gasteiger charge is -2.40. The monoisotopic (exact) mass is 260 g/mol. The number of esters is 1. The fourth-order valence-corrected chi connectivity index (χ4v) is 2.36. The number of aliphatic hydroxyl groups excluding tert-OH is 2. The van der Waals surface area contributed by atoms with E-state index in [-0.39, 0.29) is 29.3 Å². The van der Waals surface area contributed by atoms with Gasteiger partial charge in [0.2, 0.25) is 0 Å². The molecular weight excluding hydrogens is 232 g/mol. The van der Waals surface area contributed by atoms with Crippen LogP contribution >= 0.6 is 0 Å². The number of carbonyl (C=O) groups is 1. The lowest BCUT2D eigenvalue weighted by Crippen LogP contribution is -2.42. The average molecular weight is 260 g/mol. The first-order valence-corrected chi connectivity index (χ1v) is 6.51. The van der Waals surface area contributed by atoms with Crippen LogP contribution in [0.2, 0.25) is 0 Å². The van der Waals surface area contributed by atoms with E-state index in [4.69, 9.17) is 9.84 Å². The molecule has 0 rings (SSSR count). The summed E-state index contributed by atoms with van der Waals surface area (Å²) < 4.78 is 5.12. The quantitative estimate of drug-likeness (QED) is 0.717. The van der Waals surface area contributed by atoms with Crippen molar-refractivity contribution in [1.29, 1.82) is 0 Å². The maximum absolute atomic E-state index is 12.2. The van der Waals surface area contributed by atoms with E-state index in [0.717, 1.165) is 6.42 Å². The zero-order valence-corrected chi connectivity index (χ0v) is 12.5. The van der Waals surface area contributed by atoms with Crippen LogP contribution in [0.1, 0.15) is 48.0 Å². The van der Waals surface area contributed by atoms with Gasteiger partial charge in [-0.05, 0) is 10.8 Å². The Hall–Kier alpha value is -0.610. The van der Waals surface area contributed by atoms with E-state index in [2.05, 4.69) is 6.92 Å². The molecule has 0 aromatic carbocycles. The summed E-state index contributed by atoms with van der Waals surface area (Å²) in [4.78, 5) is 12.2. The molecular formula is C14H28O4. The zero-order chi connectivity index (χ0) is 14.6. The number of hydrogen-bond donors (Lipinski definition) is 2. The first-order valence-electron chi connectivity index (χ1n) is 6.51. The van der Waals surface area contributed by atoms with Crippen molar-refractivity contribution in [3.63, 3.8) is 0 Å². The second-order valence-electron chi connectivity index (χ2n) is 6.61. The highest BCUT2D eigenvalue weighted by Crippen LogP contribution is 2.43. The number of hydrogen-bond acceptors (Lipinski definition) is 4. The molecule has 0 bridgehead atoms. The van der Waals surface area contributed by atoms with E-state index in [0.29, 0.717) is 0 Å². The molecule has 0 aliphatic rings. The molecule has 0 amide bonds. The molecule has 0 aromatic heterocycles. The van der Waals surface area contributed by atoms with Crippen LogP contribution in [0.5, 0.6) is 0 Å². The molecule has 0 aliphatic carbocycles. The second-order valence-corrected chi connectivity index (χ2v) is 6.61. The molecule has 0 spiro atoms. The van der Waals surface area contributed by atoms with E-state index < -0.39 is 12.7 Å². The Bertz CT molecular complexity index is 265. The minimum Gasteiger partial charge on any atom is -0.463 e. The van der Waals surface area contributed by atoms with Gasteiger partial charge in [0.05, 0.1) is 12.5 Å². The largest absolute Gasteiger partial charge is 0.463 e. The normalized spacial score (nSPS) is 16.2. The molecule has 4 nitrogen and oxygen atoms in total. The molecule has 2 unspecified atom stereocenters. The Morgan fingerprint density at radius 3 is 2.06 bits per heavy atom. The lowest BCUT2D eigenvalue weighted by atomic mass is 9.64. The van der Waals surface area contributed by atoms with Crippen molar-refractivity contribution in [2.45, 2.75) is 54.1 Å². The first-order chi connectivity index (χ1) is 8.06. The fourth-order valence-electron chi connectivity index (χ4n) is 2.36. The predicted octanol–water partition coefficient (Wildman–Crippen LogP) is 1.98. The van der Waals surface area contributed by atoms with Crippen LogP contribution < -0.4 is 0 Å². The van der Waals surface area contributed by atoms with Crippen molar-refractivity contribution in [1.82, 2.24) is 0 Å². The number of rotatable bonds is 6. The van der Waals surface area contributed by atoms with Gasteiger partial charge in [-0.25, -0.2) is 0 Å². The molecule has 0 heterocycles. The fraction of sp³-hybridized carbons (Fsp3) is 0.929. The molecule has 108 valence electrons. The van der Waals surface area contributed by atoms with Gasteiger partial charge < -0.3 is 14.9 Å². The van der Waals surface area contributed by atoms with Gasteiger partial charge in [-0.2, -0.15) is 0 Å². The molecule has 4 heteroatoms. The maximum atomic E-state index is 12.2. The van der Waals surface area contributed by atoms with Crippen LogP contribution in [0.4, 0.5) is 0 Å². The van der Waals surface area contributed by atoms with E-state index in [1.807, 2.05) is 34.6 Å². The molecule has 0 saturated heterocycles. The minimum absolute atomic E-state index is 0.151. The molecule has 0 aliphatic heterocycles. The Morgan fingerprint density at radius 2 is 1.72 bits per heavy atom. The highest BCUT2D eigenvalue weighted by molar-refractivity contribution is 5.74. The smallest absolute Gasteiger partial charge is 0.310 e. The third-order valence-corrected chi connectivity index (χ3v) is 3.42. The van der Waals surface area contributed by atoms with E-state index >= 15 is 0 Å². The van der Waals surface area contributed by atoms with E-state index in [9.17, 15) is 9.90 Å². The van der Waals surface area contributed by atoms with Crippen molar-refractivity contribution >= 4 is 5.97 Å². The summed E-state index contributed by atoms with van der Waals surface area (Å²) in [7, 11) is 0. The third-order valence-electron chi connectivity index (χ3n) is 3.42. The van der Waals surface area contributed by atoms with Crippen LogP contribution in [-0.2, 0) is 9.53 Å². The second kappa shape index (κ2) is 6.53. The highest BCUT2D eigenvalue weighted by Gasteiger charge is 2.43. The Morgan fingerprint density at radius 1 is 1.22 bits per heavy atom. The van der Waals surface area contributed by atoms with Crippen LogP contribution in [0.15, 0.2) is 0 Å². The molecule has 18 heavy (non-hydrogen) atoms. The predicted molar refractivity (Wildman–Crippen MR) is 71.1 cm³/mol. The number of carbonyl (C=O) groups excluding carboxylic acids is 1. The van der Waals surface area contributed by atoms with Crippen molar-refractivity contribution in [3.8, 4) is 0 Å².